The second kappa shape index (κ2) is 11.7. The summed E-state index contributed by atoms with van der Waals surface area (Å²) in [5.74, 6) is 1.57. The Kier molecular flexibility index (Phi) is 7.88. The minimum absolute atomic E-state index is 0.0799. The Labute approximate surface area is 232 Å². The quantitative estimate of drug-likeness (QED) is 0.313. The van der Waals surface area contributed by atoms with Gasteiger partial charge in [0.15, 0.2) is 0 Å². The number of carbonyl (C=O) groups is 2. The second-order valence-corrected chi connectivity index (χ2v) is 10.1. The molecule has 1 atom stereocenters. The van der Waals surface area contributed by atoms with E-state index in [0.717, 1.165) is 29.8 Å². The highest BCUT2D eigenvalue weighted by molar-refractivity contribution is 6.04. The molecule has 3 N–H and O–H groups in total. The minimum atomic E-state index is -0.252. The summed E-state index contributed by atoms with van der Waals surface area (Å²) in [6.45, 7) is 5.20. The largest absolute Gasteiger partial charge is 0.382 e. The van der Waals surface area contributed by atoms with E-state index >= 15 is 0 Å². The van der Waals surface area contributed by atoms with Gasteiger partial charge in [-0.2, -0.15) is 0 Å². The Balaban J connectivity index is 1.44. The van der Waals surface area contributed by atoms with Crippen LogP contribution in [0.1, 0.15) is 60.4 Å². The molecule has 3 aromatic heterocycles. The molecule has 0 saturated carbocycles. The average Bonchev–Trinajstić information content (AvgIpc) is 3.59. The van der Waals surface area contributed by atoms with Crippen LogP contribution in [-0.2, 0) is 9.53 Å². The standard InChI is InChI=1S/C30H33N7O3/c1-19(2)22-12-13-32-24(18-22)34-30(39)21-10-8-20(9-11-21)26-27-28(31)33-14-16-37(27)29(35-26)23-6-4-15-36(23)25(38)7-5-17-40-3/h5,7-14,16,18-19,23H,4,6,15,17H2,1-3H3,(H2,31,33)(H,32,34,39)/b7-5+. The first-order valence-corrected chi connectivity index (χ1v) is 13.3. The molecular weight excluding hydrogens is 506 g/mol. The zero-order chi connectivity index (χ0) is 28.2. The van der Waals surface area contributed by atoms with Crippen LogP contribution < -0.4 is 11.1 Å². The molecule has 1 saturated heterocycles. The van der Waals surface area contributed by atoms with Gasteiger partial charge in [-0.05, 0) is 48.6 Å². The molecule has 206 valence electrons. The lowest BCUT2D eigenvalue weighted by Crippen LogP contribution is -2.30. The van der Waals surface area contributed by atoms with Gasteiger partial charge in [0.25, 0.3) is 5.91 Å². The summed E-state index contributed by atoms with van der Waals surface area (Å²) in [7, 11) is 1.59. The fourth-order valence-corrected chi connectivity index (χ4v) is 5.01. The molecular formula is C30H33N7O3. The van der Waals surface area contributed by atoms with Crippen LogP contribution in [-0.4, -0.2) is 56.3 Å². The number of benzene rings is 1. The summed E-state index contributed by atoms with van der Waals surface area (Å²) in [6, 6.07) is 10.8. The molecule has 2 amide bonds. The van der Waals surface area contributed by atoms with Crippen molar-refractivity contribution in [3.8, 4) is 11.3 Å². The molecule has 4 aromatic rings. The molecule has 1 aliphatic rings. The topological polar surface area (TPSA) is 128 Å². The molecule has 40 heavy (non-hydrogen) atoms. The maximum absolute atomic E-state index is 12.9. The van der Waals surface area contributed by atoms with Crippen molar-refractivity contribution >= 4 is 29.0 Å². The van der Waals surface area contributed by atoms with E-state index in [9.17, 15) is 9.59 Å². The van der Waals surface area contributed by atoms with Crippen molar-refractivity contribution in [1.29, 1.82) is 0 Å². The molecule has 5 rings (SSSR count). The fourth-order valence-electron chi connectivity index (χ4n) is 5.01. The van der Waals surface area contributed by atoms with E-state index in [0.29, 0.717) is 47.5 Å². The molecule has 0 aliphatic carbocycles. The number of ether oxygens (including phenoxy) is 1. The molecule has 0 radical (unpaired) electrons. The van der Waals surface area contributed by atoms with Crippen molar-refractivity contribution in [1.82, 2.24) is 24.3 Å². The van der Waals surface area contributed by atoms with Crippen LogP contribution in [0.5, 0.6) is 0 Å². The number of methoxy groups -OCH3 is 1. The number of nitrogen functional groups attached to an aromatic ring is 1. The molecule has 10 nitrogen and oxygen atoms in total. The summed E-state index contributed by atoms with van der Waals surface area (Å²) in [4.78, 5) is 41.2. The number of hydrogen-bond donors (Lipinski definition) is 2. The first-order chi connectivity index (χ1) is 19.4. The van der Waals surface area contributed by atoms with Crippen molar-refractivity contribution in [2.75, 3.05) is 31.3 Å². The monoisotopic (exact) mass is 539 g/mol. The molecule has 0 spiro atoms. The summed E-state index contributed by atoms with van der Waals surface area (Å²) in [5.41, 5.74) is 10.0. The van der Waals surface area contributed by atoms with Crippen LogP contribution in [0.3, 0.4) is 0 Å². The maximum atomic E-state index is 12.9. The van der Waals surface area contributed by atoms with E-state index in [2.05, 4.69) is 29.1 Å². The lowest BCUT2D eigenvalue weighted by Gasteiger charge is -2.22. The number of nitrogens with zero attached hydrogens (tertiary/aromatic N) is 5. The number of aromatic nitrogens is 4. The normalized spacial score (nSPS) is 15.4. The first-order valence-electron chi connectivity index (χ1n) is 13.3. The molecule has 1 unspecified atom stereocenters. The number of rotatable bonds is 8. The van der Waals surface area contributed by atoms with Gasteiger partial charge < -0.3 is 20.7 Å². The van der Waals surface area contributed by atoms with Gasteiger partial charge in [-0.3, -0.25) is 14.0 Å². The molecule has 4 heterocycles. The highest BCUT2D eigenvalue weighted by Gasteiger charge is 2.33. The van der Waals surface area contributed by atoms with Gasteiger partial charge in [0.1, 0.15) is 28.7 Å². The van der Waals surface area contributed by atoms with Crippen LogP contribution in [0, 0.1) is 0 Å². The van der Waals surface area contributed by atoms with Gasteiger partial charge in [0.05, 0.1) is 12.6 Å². The summed E-state index contributed by atoms with van der Waals surface area (Å²) in [6.07, 6.45) is 10.1. The van der Waals surface area contributed by atoms with E-state index < -0.39 is 0 Å². The first kappa shape index (κ1) is 27.0. The van der Waals surface area contributed by atoms with Crippen LogP contribution in [0.25, 0.3) is 16.8 Å². The number of anilines is 2. The molecule has 1 aliphatic heterocycles. The molecule has 0 bridgehead atoms. The Hall–Kier alpha value is -4.57. The van der Waals surface area contributed by atoms with Crippen molar-refractivity contribution in [2.45, 2.75) is 38.6 Å². The van der Waals surface area contributed by atoms with Crippen molar-refractivity contribution in [3.63, 3.8) is 0 Å². The van der Waals surface area contributed by atoms with E-state index in [1.54, 1.807) is 43.8 Å². The number of hydrogen-bond acceptors (Lipinski definition) is 7. The smallest absolute Gasteiger partial charge is 0.256 e. The number of fused-ring (bicyclic) bond motifs is 1. The fraction of sp³-hybridized carbons (Fsp3) is 0.300. The predicted octanol–water partition coefficient (Wildman–Crippen LogP) is 4.62. The number of amides is 2. The van der Waals surface area contributed by atoms with Gasteiger partial charge >= 0.3 is 0 Å². The zero-order valence-electron chi connectivity index (χ0n) is 22.9. The SMILES string of the molecule is COC/C=C/C(=O)N1CCCC1c1nc(-c2ccc(C(=O)Nc3cc(C(C)C)ccn3)cc2)c2c(N)nccn12. The lowest BCUT2D eigenvalue weighted by molar-refractivity contribution is -0.127. The van der Waals surface area contributed by atoms with Gasteiger partial charge in [0.2, 0.25) is 5.91 Å². The Bertz CT molecular complexity index is 1560. The third kappa shape index (κ3) is 5.43. The number of nitrogens with one attached hydrogen (secondary N) is 1. The van der Waals surface area contributed by atoms with Crippen LogP contribution in [0.15, 0.2) is 67.1 Å². The summed E-state index contributed by atoms with van der Waals surface area (Å²) < 4.78 is 6.95. The van der Waals surface area contributed by atoms with Crippen molar-refractivity contribution < 1.29 is 14.3 Å². The highest BCUT2D eigenvalue weighted by Crippen LogP contribution is 2.36. The third-order valence-electron chi connectivity index (χ3n) is 7.08. The summed E-state index contributed by atoms with van der Waals surface area (Å²) in [5, 5.41) is 2.88. The van der Waals surface area contributed by atoms with Gasteiger partial charge in [-0.15, -0.1) is 0 Å². The number of carbonyl (C=O) groups excluding carboxylic acids is 2. The Morgan fingerprint density at radius 1 is 1.18 bits per heavy atom. The highest BCUT2D eigenvalue weighted by atomic mass is 16.5. The molecule has 1 fully saturated rings. The number of likely N-dealkylation sites (tertiary alicyclic amines) is 1. The summed E-state index contributed by atoms with van der Waals surface area (Å²) >= 11 is 0. The zero-order valence-corrected chi connectivity index (χ0v) is 22.9. The number of pyridine rings is 1. The minimum Gasteiger partial charge on any atom is -0.382 e. The predicted molar refractivity (Wildman–Crippen MR) is 154 cm³/mol. The molecule has 1 aromatic carbocycles. The average molecular weight is 540 g/mol. The van der Waals surface area contributed by atoms with Crippen LogP contribution in [0.2, 0.25) is 0 Å². The van der Waals surface area contributed by atoms with Crippen LogP contribution in [0.4, 0.5) is 11.6 Å². The van der Waals surface area contributed by atoms with E-state index in [4.69, 9.17) is 15.5 Å². The van der Waals surface area contributed by atoms with Gasteiger partial charge in [0, 0.05) is 49.4 Å². The van der Waals surface area contributed by atoms with Crippen molar-refractivity contribution in [3.05, 3.63) is 84.1 Å². The second-order valence-electron chi connectivity index (χ2n) is 10.1. The van der Waals surface area contributed by atoms with E-state index in [-0.39, 0.29) is 17.9 Å². The van der Waals surface area contributed by atoms with E-state index in [1.165, 1.54) is 0 Å². The van der Waals surface area contributed by atoms with Crippen molar-refractivity contribution in [2.24, 2.45) is 0 Å². The van der Waals surface area contributed by atoms with E-state index in [1.807, 2.05) is 39.8 Å². The lowest BCUT2D eigenvalue weighted by atomic mass is 10.1. The molecule has 10 heteroatoms. The van der Waals surface area contributed by atoms with Gasteiger partial charge in [-0.1, -0.05) is 32.1 Å². The Morgan fingerprint density at radius 2 is 1.98 bits per heavy atom. The Morgan fingerprint density at radius 3 is 2.73 bits per heavy atom. The number of imidazole rings is 1. The number of nitrogens with two attached hydrogens (primary N) is 1. The third-order valence-corrected chi connectivity index (χ3v) is 7.08. The maximum Gasteiger partial charge on any atom is 0.256 e. The van der Waals surface area contributed by atoms with Crippen LogP contribution >= 0.6 is 0 Å². The van der Waals surface area contributed by atoms with Gasteiger partial charge in [-0.25, -0.2) is 15.0 Å².